The first-order chi connectivity index (χ1) is 13.7. The third-order valence-electron chi connectivity index (χ3n) is 4.39. The molecule has 2 aromatic heterocycles. The molecule has 0 bridgehead atoms. The molecule has 0 spiro atoms. The summed E-state index contributed by atoms with van der Waals surface area (Å²) in [5.74, 6) is -0.280. The lowest BCUT2D eigenvalue weighted by atomic mass is 10.0. The van der Waals surface area contributed by atoms with Crippen LogP contribution in [0.2, 0.25) is 0 Å². The first-order valence-corrected chi connectivity index (χ1v) is 8.91. The number of pyridine rings is 2. The topological polar surface area (TPSA) is 67.2 Å². The number of nitrogens with zero attached hydrogens (tertiary/aromatic N) is 3. The van der Waals surface area contributed by atoms with Gasteiger partial charge in [0.05, 0.1) is 23.0 Å². The Balaban J connectivity index is 1.66. The van der Waals surface area contributed by atoms with Crippen molar-refractivity contribution in [2.24, 2.45) is 5.10 Å². The molecule has 136 valence electrons. The second-order valence-corrected chi connectivity index (χ2v) is 6.42. The van der Waals surface area contributed by atoms with Crippen molar-refractivity contribution >= 4 is 23.0 Å². The number of hydrazone groups is 1. The number of carbonyl (C=O) groups excluding carboxylic acids is 1. The highest BCUT2D eigenvalue weighted by molar-refractivity contribution is 6.07. The summed E-state index contributed by atoms with van der Waals surface area (Å²) in [5, 5.41) is 4.88. The zero-order chi connectivity index (χ0) is 19.3. The van der Waals surface area contributed by atoms with Crippen LogP contribution >= 0.6 is 0 Å². The number of para-hydroxylation sites is 1. The van der Waals surface area contributed by atoms with Gasteiger partial charge in [0, 0.05) is 23.3 Å². The lowest BCUT2D eigenvalue weighted by Crippen LogP contribution is -2.18. The maximum Gasteiger partial charge on any atom is 0.272 e. The highest BCUT2D eigenvalue weighted by Crippen LogP contribution is 2.24. The number of amides is 1. The van der Waals surface area contributed by atoms with Gasteiger partial charge in [-0.1, -0.05) is 48.0 Å². The van der Waals surface area contributed by atoms with Gasteiger partial charge in [0.25, 0.3) is 5.91 Å². The SMILES string of the molecule is Cc1ccc(/C=N\NC(=O)c2cc(-c3ccncc3)nc3ccccc23)cc1. The van der Waals surface area contributed by atoms with Crippen molar-refractivity contribution in [2.45, 2.75) is 6.92 Å². The molecule has 0 atom stereocenters. The first-order valence-electron chi connectivity index (χ1n) is 8.91. The minimum atomic E-state index is -0.280. The van der Waals surface area contributed by atoms with Crippen LogP contribution in [0.3, 0.4) is 0 Å². The number of aromatic nitrogens is 2. The highest BCUT2D eigenvalue weighted by Gasteiger charge is 2.13. The number of benzene rings is 2. The van der Waals surface area contributed by atoms with Crippen molar-refractivity contribution in [3.8, 4) is 11.3 Å². The van der Waals surface area contributed by atoms with E-state index in [1.165, 1.54) is 5.56 Å². The predicted molar refractivity (Wildman–Crippen MR) is 111 cm³/mol. The van der Waals surface area contributed by atoms with E-state index in [1.54, 1.807) is 24.7 Å². The molecule has 0 saturated heterocycles. The van der Waals surface area contributed by atoms with Crippen LogP contribution in [0.25, 0.3) is 22.2 Å². The molecule has 0 aliphatic heterocycles. The normalized spacial score (nSPS) is 11.0. The van der Waals surface area contributed by atoms with Crippen molar-refractivity contribution < 1.29 is 4.79 Å². The van der Waals surface area contributed by atoms with Crippen LogP contribution in [0.4, 0.5) is 0 Å². The maximum absolute atomic E-state index is 12.8. The molecule has 0 aliphatic carbocycles. The molecule has 0 radical (unpaired) electrons. The summed E-state index contributed by atoms with van der Waals surface area (Å²) in [7, 11) is 0. The van der Waals surface area contributed by atoms with Gasteiger partial charge >= 0.3 is 0 Å². The number of hydrogen-bond acceptors (Lipinski definition) is 4. The largest absolute Gasteiger partial charge is 0.272 e. The molecule has 5 nitrogen and oxygen atoms in total. The number of rotatable bonds is 4. The van der Waals surface area contributed by atoms with Crippen LogP contribution in [0.5, 0.6) is 0 Å². The highest BCUT2D eigenvalue weighted by atomic mass is 16.2. The van der Waals surface area contributed by atoms with Crippen LogP contribution in [0.1, 0.15) is 21.5 Å². The molecule has 1 amide bonds. The van der Waals surface area contributed by atoms with Gasteiger partial charge in [-0.3, -0.25) is 9.78 Å². The van der Waals surface area contributed by atoms with Crippen molar-refractivity contribution in [3.05, 3.63) is 95.8 Å². The number of nitrogens with one attached hydrogen (secondary N) is 1. The number of carbonyl (C=O) groups is 1. The van der Waals surface area contributed by atoms with E-state index < -0.39 is 0 Å². The fraction of sp³-hybridized carbons (Fsp3) is 0.0435. The predicted octanol–water partition coefficient (Wildman–Crippen LogP) is 4.37. The average Bonchev–Trinajstić information content (AvgIpc) is 2.75. The van der Waals surface area contributed by atoms with E-state index in [1.807, 2.05) is 67.6 Å². The maximum atomic E-state index is 12.8. The Kier molecular flexibility index (Phi) is 4.89. The lowest BCUT2D eigenvalue weighted by molar-refractivity contribution is 0.0956. The molecule has 0 saturated carbocycles. The lowest BCUT2D eigenvalue weighted by Gasteiger charge is -2.08. The van der Waals surface area contributed by atoms with Gasteiger partial charge < -0.3 is 0 Å². The summed E-state index contributed by atoms with van der Waals surface area (Å²) in [6.45, 7) is 2.03. The summed E-state index contributed by atoms with van der Waals surface area (Å²) >= 11 is 0. The van der Waals surface area contributed by atoms with Gasteiger partial charge in [0.15, 0.2) is 0 Å². The van der Waals surface area contributed by atoms with Crippen molar-refractivity contribution in [2.75, 3.05) is 0 Å². The van der Waals surface area contributed by atoms with E-state index in [0.717, 1.165) is 22.0 Å². The monoisotopic (exact) mass is 366 g/mol. The van der Waals surface area contributed by atoms with E-state index in [9.17, 15) is 4.79 Å². The van der Waals surface area contributed by atoms with E-state index in [0.29, 0.717) is 11.3 Å². The molecule has 4 aromatic rings. The van der Waals surface area contributed by atoms with Crippen molar-refractivity contribution in [1.29, 1.82) is 0 Å². The van der Waals surface area contributed by atoms with Crippen molar-refractivity contribution in [3.63, 3.8) is 0 Å². The summed E-state index contributed by atoms with van der Waals surface area (Å²) in [4.78, 5) is 21.5. The minimum absolute atomic E-state index is 0.280. The van der Waals surface area contributed by atoms with Crippen molar-refractivity contribution in [1.82, 2.24) is 15.4 Å². The zero-order valence-corrected chi connectivity index (χ0v) is 15.3. The van der Waals surface area contributed by atoms with E-state index in [2.05, 4.69) is 20.5 Å². The molecule has 2 aromatic carbocycles. The molecule has 5 heteroatoms. The molecule has 0 unspecified atom stereocenters. The molecular formula is C23H18N4O. The number of aryl methyl sites for hydroxylation is 1. The fourth-order valence-electron chi connectivity index (χ4n) is 2.91. The third kappa shape index (κ3) is 3.78. The van der Waals surface area contributed by atoms with Crippen LogP contribution < -0.4 is 5.43 Å². The smallest absolute Gasteiger partial charge is 0.267 e. The van der Waals surface area contributed by atoms with E-state index in [-0.39, 0.29) is 5.91 Å². The molecule has 0 fully saturated rings. The Morgan fingerprint density at radius 1 is 1.00 bits per heavy atom. The van der Waals surface area contributed by atoms with Crippen LogP contribution in [-0.4, -0.2) is 22.1 Å². The summed E-state index contributed by atoms with van der Waals surface area (Å²) in [6, 6.07) is 21.0. The standard InChI is InChI=1S/C23H18N4O/c1-16-6-8-17(9-7-16)15-25-27-23(28)20-14-22(18-10-12-24-13-11-18)26-21-5-3-2-4-19(20)21/h2-15H,1H3,(H,27,28)/b25-15-. The van der Waals surface area contributed by atoms with Gasteiger partial charge in [0.2, 0.25) is 0 Å². The number of hydrogen-bond donors (Lipinski definition) is 1. The Morgan fingerprint density at radius 3 is 2.54 bits per heavy atom. The summed E-state index contributed by atoms with van der Waals surface area (Å²) < 4.78 is 0. The van der Waals surface area contributed by atoms with Crippen LogP contribution in [0, 0.1) is 6.92 Å². The van der Waals surface area contributed by atoms with Crippen LogP contribution in [0.15, 0.2) is 84.2 Å². The molecule has 4 rings (SSSR count). The molecule has 28 heavy (non-hydrogen) atoms. The second-order valence-electron chi connectivity index (χ2n) is 6.42. The van der Waals surface area contributed by atoms with E-state index in [4.69, 9.17) is 0 Å². The summed E-state index contributed by atoms with van der Waals surface area (Å²) in [6.07, 6.45) is 5.04. The second kappa shape index (κ2) is 7.80. The molecule has 2 heterocycles. The third-order valence-corrected chi connectivity index (χ3v) is 4.39. The summed E-state index contributed by atoms with van der Waals surface area (Å²) in [5.41, 5.74) is 7.61. The Bertz CT molecular complexity index is 1150. The minimum Gasteiger partial charge on any atom is -0.267 e. The molecular weight excluding hydrogens is 348 g/mol. The van der Waals surface area contributed by atoms with E-state index >= 15 is 0 Å². The molecule has 1 N–H and O–H groups in total. The van der Waals surface area contributed by atoms with Gasteiger partial charge in [0.1, 0.15) is 0 Å². The molecule has 0 aliphatic rings. The Morgan fingerprint density at radius 2 is 1.75 bits per heavy atom. The Hall–Kier alpha value is -3.86. The quantitative estimate of drug-likeness (QED) is 0.431. The van der Waals surface area contributed by atoms with Gasteiger partial charge in [-0.05, 0) is 36.8 Å². The van der Waals surface area contributed by atoms with Crippen LogP contribution in [-0.2, 0) is 0 Å². The van der Waals surface area contributed by atoms with Gasteiger partial charge in [-0.25, -0.2) is 10.4 Å². The fourth-order valence-corrected chi connectivity index (χ4v) is 2.91. The van der Waals surface area contributed by atoms with Gasteiger partial charge in [-0.2, -0.15) is 5.10 Å². The Labute approximate surface area is 162 Å². The number of fused-ring (bicyclic) bond motifs is 1. The zero-order valence-electron chi connectivity index (χ0n) is 15.3. The first kappa shape index (κ1) is 17.5. The average molecular weight is 366 g/mol. The van der Waals surface area contributed by atoms with Gasteiger partial charge in [-0.15, -0.1) is 0 Å².